The van der Waals surface area contributed by atoms with Gasteiger partial charge in [-0.25, -0.2) is 9.18 Å². The molecule has 2 rings (SSSR count). The van der Waals surface area contributed by atoms with E-state index in [0.29, 0.717) is 10.2 Å². The van der Waals surface area contributed by atoms with Crippen LogP contribution in [0.4, 0.5) is 4.39 Å². The largest absolute Gasteiger partial charge is 0.488 e. The lowest BCUT2D eigenvalue weighted by molar-refractivity contribution is 0.0691. The fourth-order valence-electron chi connectivity index (χ4n) is 1.72. The lowest BCUT2D eigenvalue weighted by atomic mass is 10.1. The minimum Gasteiger partial charge on any atom is -0.488 e. The SMILES string of the molecule is Cc1ccc(C(=O)O)c(OCc2ccc(F)c(Br)c2)c1. The number of benzene rings is 2. The monoisotopic (exact) mass is 338 g/mol. The van der Waals surface area contributed by atoms with Crippen molar-refractivity contribution in [3.05, 3.63) is 63.4 Å². The van der Waals surface area contributed by atoms with E-state index in [-0.39, 0.29) is 18.0 Å². The molecule has 0 spiro atoms. The van der Waals surface area contributed by atoms with E-state index in [4.69, 9.17) is 9.84 Å². The summed E-state index contributed by atoms with van der Waals surface area (Å²) >= 11 is 3.10. The molecule has 2 aromatic carbocycles. The normalized spacial score (nSPS) is 10.3. The van der Waals surface area contributed by atoms with Crippen LogP contribution < -0.4 is 4.74 Å². The quantitative estimate of drug-likeness (QED) is 0.909. The maximum Gasteiger partial charge on any atom is 0.339 e. The third-order valence-corrected chi connectivity index (χ3v) is 3.35. The van der Waals surface area contributed by atoms with Gasteiger partial charge in [0.1, 0.15) is 23.7 Å². The molecule has 0 atom stereocenters. The van der Waals surface area contributed by atoms with Crippen LogP contribution in [-0.2, 0) is 6.61 Å². The molecule has 0 aliphatic heterocycles. The Kier molecular flexibility index (Phi) is 4.39. The van der Waals surface area contributed by atoms with E-state index < -0.39 is 5.97 Å². The zero-order chi connectivity index (χ0) is 14.7. The van der Waals surface area contributed by atoms with Crippen molar-refractivity contribution in [3.8, 4) is 5.75 Å². The lowest BCUT2D eigenvalue weighted by Crippen LogP contribution is -2.04. The van der Waals surface area contributed by atoms with Gasteiger partial charge in [-0.1, -0.05) is 12.1 Å². The Balaban J connectivity index is 2.20. The second-order valence-corrected chi connectivity index (χ2v) is 5.20. The second-order valence-electron chi connectivity index (χ2n) is 4.34. The van der Waals surface area contributed by atoms with Crippen LogP contribution in [0.5, 0.6) is 5.75 Å². The molecular formula is C15H12BrFO3. The summed E-state index contributed by atoms with van der Waals surface area (Å²) in [5.74, 6) is -1.09. The summed E-state index contributed by atoms with van der Waals surface area (Å²) < 4.78 is 19.0. The number of ether oxygens (including phenoxy) is 1. The van der Waals surface area contributed by atoms with Gasteiger partial charge in [-0.2, -0.15) is 0 Å². The standard InChI is InChI=1S/C15H12BrFO3/c1-9-2-4-11(15(18)19)14(6-9)20-8-10-3-5-13(17)12(16)7-10/h2-7H,8H2,1H3,(H,18,19). The van der Waals surface area contributed by atoms with Gasteiger partial charge in [0.25, 0.3) is 0 Å². The Bertz CT molecular complexity index is 656. The first-order chi connectivity index (χ1) is 9.47. The number of aryl methyl sites for hydroxylation is 1. The van der Waals surface area contributed by atoms with Gasteiger partial charge in [-0.3, -0.25) is 0 Å². The van der Waals surface area contributed by atoms with Crippen molar-refractivity contribution in [3.63, 3.8) is 0 Å². The number of hydrogen-bond donors (Lipinski definition) is 1. The molecule has 3 nitrogen and oxygen atoms in total. The molecule has 2 aromatic rings. The van der Waals surface area contributed by atoms with Gasteiger partial charge in [0.2, 0.25) is 0 Å². The van der Waals surface area contributed by atoms with Gasteiger partial charge < -0.3 is 9.84 Å². The summed E-state index contributed by atoms with van der Waals surface area (Å²) in [4.78, 5) is 11.1. The zero-order valence-corrected chi connectivity index (χ0v) is 12.3. The zero-order valence-electron chi connectivity index (χ0n) is 10.7. The summed E-state index contributed by atoms with van der Waals surface area (Å²) in [5.41, 5.74) is 1.76. The Labute approximate surface area is 124 Å². The number of hydrogen-bond acceptors (Lipinski definition) is 2. The number of halogens is 2. The van der Waals surface area contributed by atoms with Crippen LogP contribution in [0.25, 0.3) is 0 Å². The van der Waals surface area contributed by atoms with Crippen LogP contribution in [0, 0.1) is 12.7 Å². The number of aromatic carboxylic acids is 1. The van der Waals surface area contributed by atoms with Crippen LogP contribution in [-0.4, -0.2) is 11.1 Å². The molecular weight excluding hydrogens is 327 g/mol. The molecule has 0 saturated carbocycles. The highest BCUT2D eigenvalue weighted by Crippen LogP contribution is 2.23. The van der Waals surface area contributed by atoms with Crippen molar-refractivity contribution in [2.45, 2.75) is 13.5 Å². The van der Waals surface area contributed by atoms with E-state index >= 15 is 0 Å². The Hall–Kier alpha value is -1.88. The third kappa shape index (κ3) is 3.36. The molecule has 20 heavy (non-hydrogen) atoms. The van der Waals surface area contributed by atoms with Crippen LogP contribution in [0.1, 0.15) is 21.5 Å². The first kappa shape index (κ1) is 14.5. The number of carboxylic acid groups (broad SMARTS) is 1. The van der Waals surface area contributed by atoms with Crippen molar-refractivity contribution in [1.29, 1.82) is 0 Å². The molecule has 0 saturated heterocycles. The predicted molar refractivity (Wildman–Crippen MR) is 76.6 cm³/mol. The summed E-state index contributed by atoms with van der Waals surface area (Å²) in [6.07, 6.45) is 0. The molecule has 1 N–H and O–H groups in total. The van der Waals surface area contributed by atoms with Crippen molar-refractivity contribution < 1.29 is 19.0 Å². The highest BCUT2D eigenvalue weighted by molar-refractivity contribution is 9.10. The Morgan fingerprint density at radius 2 is 2.05 bits per heavy atom. The highest BCUT2D eigenvalue weighted by Gasteiger charge is 2.11. The predicted octanol–water partition coefficient (Wildman–Crippen LogP) is 4.17. The number of carboxylic acids is 1. The number of carbonyl (C=O) groups is 1. The van der Waals surface area contributed by atoms with Crippen molar-refractivity contribution >= 4 is 21.9 Å². The molecule has 0 aliphatic carbocycles. The maximum absolute atomic E-state index is 13.1. The van der Waals surface area contributed by atoms with Gasteiger partial charge >= 0.3 is 5.97 Å². The highest BCUT2D eigenvalue weighted by atomic mass is 79.9. The fraction of sp³-hybridized carbons (Fsp3) is 0.133. The smallest absolute Gasteiger partial charge is 0.339 e. The average Bonchev–Trinajstić information content (AvgIpc) is 2.40. The topological polar surface area (TPSA) is 46.5 Å². The third-order valence-electron chi connectivity index (χ3n) is 2.75. The molecule has 5 heteroatoms. The van der Waals surface area contributed by atoms with Gasteiger partial charge in [0.15, 0.2) is 0 Å². The van der Waals surface area contributed by atoms with E-state index in [9.17, 15) is 9.18 Å². The Morgan fingerprint density at radius 1 is 1.30 bits per heavy atom. The van der Waals surface area contributed by atoms with Crippen LogP contribution in [0.15, 0.2) is 40.9 Å². The van der Waals surface area contributed by atoms with Crippen molar-refractivity contribution in [2.75, 3.05) is 0 Å². The van der Waals surface area contributed by atoms with E-state index in [1.165, 1.54) is 12.1 Å². The van der Waals surface area contributed by atoms with Gasteiger partial charge in [-0.05, 0) is 58.2 Å². The molecule has 0 radical (unpaired) electrons. The summed E-state index contributed by atoms with van der Waals surface area (Å²) in [6.45, 7) is 2.02. The fourth-order valence-corrected chi connectivity index (χ4v) is 2.14. The van der Waals surface area contributed by atoms with Crippen LogP contribution in [0.2, 0.25) is 0 Å². The summed E-state index contributed by atoms with van der Waals surface area (Å²) in [7, 11) is 0. The molecule has 0 bridgehead atoms. The van der Waals surface area contributed by atoms with Gasteiger partial charge in [-0.15, -0.1) is 0 Å². The maximum atomic E-state index is 13.1. The van der Waals surface area contributed by atoms with Crippen LogP contribution >= 0.6 is 15.9 Å². The van der Waals surface area contributed by atoms with Gasteiger partial charge in [0.05, 0.1) is 4.47 Å². The summed E-state index contributed by atoms with van der Waals surface area (Å²) in [5, 5.41) is 9.10. The van der Waals surface area contributed by atoms with E-state index in [2.05, 4.69) is 15.9 Å². The van der Waals surface area contributed by atoms with Crippen molar-refractivity contribution in [1.82, 2.24) is 0 Å². The lowest BCUT2D eigenvalue weighted by Gasteiger charge is -2.10. The van der Waals surface area contributed by atoms with Gasteiger partial charge in [0, 0.05) is 0 Å². The van der Waals surface area contributed by atoms with Crippen LogP contribution in [0.3, 0.4) is 0 Å². The van der Waals surface area contributed by atoms with E-state index in [1.807, 2.05) is 6.92 Å². The molecule has 0 amide bonds. The summed E-state index contributed by atoms with van der Waals surface area (Å²) in [6, 6.07) is 9.42. The minimum atomic E-state index is -1.04. The average molecular weight is 339 g/mol. The molecule has 104 valence electrons. The molecule has 0 aromatic heterocycles. The van der Waals surface area contributed by atoms with Crippen molar-refractivity contribution in [2.24, 2.45) is 0 Å². The molecule has 0 unspecified atom stereocenters. The molecule has 0 fully saturated rings. The Morgan fingerprint density at radius 3 is 2.70 bits per heavy atom. The molecule has 0 aliphatic rings. The minimum absolute atomic E-state index is 0.108. The second kappa shape index (κ2) is 6.05. The first-order valence-corrected chi connectivity index (χ1v) is 6.67. The number of rotatable bonds is 4. The van der Waals surface area contributed by atoms with E-state index in [1.54, 1.807) is 24.3 Å². The van der Waals surface area contributed by atoms with E-state index in [0.717, 1.165) is 11.1 Å². The first-order valence-electron chi connectivity index (χ1n) is 5.88. The molecule has 0 heterocycles.